The number of aryl methyl sites for hydroxylation is 1. The Balaban J connectivity index is 1.83. The minimum Gasteiger partial charge on any atom is -0.321 e. The maximum Gasteiger partial charge on any atom is 0.288 e. The molecular formula is C23H18F2IN3OS. The second kappa shape index (κ2) is 10.1. The largest absolute Gasteiger partial charge is 0.321 e. The molecule has 158 valence electrons. The summed E-state index contributed by atoms with van der Waals surface area (Å²) in [5.74, 6) is -3.07. The van der Waals surface area contributed by atoms with Gasteiger partial charge in [0, 0.05) is 31.2 Å². The first-order valence-corrected chi connectivity index (χ1v) is 11.2. The third-order valence-electron chi connectivity index (χ3n) is 4.56. The number of carbonyl (C=O) groups is 1. The molecule has 0 unspecified atom stereocenters. The van der Waals surface area contributed by atoms with Crippen LogP contribution in [0, 0.1) is 28.7 Å². The van der Waals surface area contributed by atoms with Crippen LogP contribution in [0.2, 0.25) is 0 Å². The zero-order chi connectivity index (χ0) is 22.5. The van der Waals surface area contributed by atoms with Crippen molar-refractivity contribution in [2.45, 2.75) is 24.5 Å². The highest BCUT2D eigenvalue weighted by molar-refractivity contribution is 14.1. The van der Waals surface area contributed by atoms with E-state index in [1.165, 1.54) is 24.3 Å². The fraction of sp³-hybridized carbons (Fsp3) is 0.130. The molecule has 4 nitrogen and oxygen atoms in total. The number of nitriles is 1. The molecule has 0 radical (unpaired) electrons. The van der Waals surface area contributed by atoms with E-state index in [2.05, 4.69) is 32.5 Å². The Morgan fingerprint density at radius 2 is 1.81 bits per heavy atom. The highest BCUT2D eigenvalue weighted by Crippen LogP contribution is 2.27. The lowest BCUT2D eigenvalue weighted by atomic mass is 10.1. The van der Waals surface area contributed by atoms with E-state index in [1.54, 1.807) is 6.08 Å². The predicted molar refractivity (Wildman–Crippen MR) is 128 cm³/mol. The lowest BCUT2D eigenvalue weighted by Gasteiger charge is -2.10. The van der Waals surface area contributed by atoms with Crippen LogP contribution in [0.1, 0.15) is 17.0 Å². The van der Waals surface area contributed by atoms with E-state index in [0.717, 1.165) is 26.2 Å². The number of nitrogens with zero attached hydrogens (tertiary/aromatic N) is 2. The minimum absolute atomic E-state index is 0.0473. The maximum atomic E-state index is 12.6. The Hall–Kier alpha value is -2.64. The Labute approximate surface area is 197 Å². The monoisotopic (exact) mass is 549 g/mol. The standard InChI is InChI=1S/C23H18F2IN3OS/c1-14-11-16(15(2)29(14)20-7-3-18(26)4-8-20)12-17(13-27)22(30)28-19-5-9-21(10-6-19)31-23(24)25/h3-12,23H,1-2H3,(H,28,30)/b17-12+. The molecule has 0 aliphatic rings. The summed E-state index contributed by atoms with van der Waals surface area (Å²) in [4.78, 5) is 13.0. The van der Waals surface area contributed by atoms with Crippen LogP contribution in [-0.4, -0.2) is 16.2 Å². The molecule has 0 aliphatic heterocycles. The molecule has 0 fully saturated rings. The van der Waals surface area contributed by atoms with Crippen molar-refractivity contribution in [3.05, 3.63) is 80.7 Å². The summed E-state index contributed by atoms with van der Waals surface area (Å²) in [7, 11) is 0. The molecule has 0 atom stereocenters. The smallest absolute Gasteiger partial charge is 0.288 e. The van der Waals surface area contributed by atoms with E-state index < -0.39 is 11.7 Å². The van der Waals surface area contributed by atoms with Gasteiger partial charge in [0.05, 0.1) is 0 Å². The molecule has 1 heterocycles. The van der Waals surface area contributed by atoms with Crippen LogP contribution in [0.3, 0.4) is 0 Å². The number of anilines is 1. The second-order valence-corrected chi connectivity index (χ2v) is 8.97. The number of thioether (sulfide) groups is 1. The summed E-state index contributed by atoms with van der Waals surface area (Å²) in [6.45, 7) is 3.90. The summed E-state index contributed by atoms with van der Waals surface area (Å²) in [6, 6.07) is 18.0. The van der Waals surface area contributed by atoms with E-state index in [0.29, 0.717) is 22.3 Å². The van der Waals surface area contributed by atoms with Gasteiger partial charge in [0.15, 0.2) is 0 Å². The zero-order valence-electron chi connectivity index (χ0n) is 16.7. The van der Waals surface area contributed by atoms with Gasteiger partial charge in [0.1, 0.15) is 11.6 Å². The Bertz CT molecular complexity index is 1160. The average molecular weight is 549 g/mol. The fourth-order valence-corrected chi connectivity index (χ4v) is 4.00. The molecule has 0 saturated heterocycles. The van der Waals surface area contributed by atoms with Crippen LogP contribution in [-0.2, 0) is 4.79 Å². The van der Waals surface area contributed by atoms with Gasteiger partial charge in [-0.25, -0.2) is 0 Å². The van der Waals surface area contributed by atoms with E-state index in [1.807, 2.05) is 50.2 Å². The molecule has 1 amide bonds. The molecule has 1 aromatic heterocycles. The molecular weight excluding hydrogens is 531 g/mol. The minimum atomic E-state index is -2.51. The van der Waals surface area contributed by atoms with Crippen molar-refractivity contribution in [3.63, 3.8) is 0 Å². The zero-order valence-corrected chi connectivity index (χ0v) is 19.7. The Morgan fingerprint density at radius 3 is 2.39 bits per heavy atom. The van der Waals surface area contributed by atoms with Crippen molar-refractivity contribution in [2.24, 2.45) is 0 Å². The SMILES string of the molecule is Cc1cc(/C=C(\C#N)C(=O)Nc2ccc(SC(F)F)cc2)c(C)n1-c1ccc(I)cc1. The first-order chi connectivity index (χ1) is 14.8. The number of amides is 1. The van der Waals surface area contributed by atoms with Gasteiger partial charge in [-0.2, -0.15) is 14.0 Å². The highest BCUT2D eigenvalue weighted by Gasteiger charge is 2.14. The number of halogens is 3. The van der Waals surface area contributed by atoms with Crippen LogP contribution in [0.4, 0.5) is 14.5 Å². The van der Waals surface area contributed by atoms with Crippen molar-refractivity contribution < 1.29 is 13.6 Å². The van der Waals surface area contributed by atoms with Crippen LogP contribution >= 0.6 is 34.4 Å². The van der Waals surface area contributed by atoms with Gasteiger partial charge in [-0.05, 0) is 103 Å². The number of aromatic nitrogens is 1. The first kappa shape index (κ1) is 23.0. The van der Waals surface area contributed by atoms with Crippen LogP contribution in [0.5, 0.6) is 0 Å². The molecule has 0 aliphatic carbocycles. The number of hydrogen-bond acceptors (Lipinski definition) is 3. The first-order valence-electron chi connectivity index (χ1n) is 9.21. The number of carbonyl (C=O) groups excluding carboxylic acids is 1. The number of hydrogen-bond donors (Lipinski definition) is 1. The predicted octanol–water partition coefficient (Wildman–Crippen LogP) is 6.56. The van der Waals surface area contributed by atoms with E-state index in [4.69, 9.17) is 0 Å². The molecule has 0 saturated carbocycles. The van der Waals surface area contributed by atoms with Gasteiger partial charge in [-0.15, -0.1) is 0 Å². The third kappa shape index (κ3) is 5.74. The molecule has 8 heteroatoms. The van der Waals surface area contributed by atoms with Gasteiger partial charge in [0.2, 0.25) is 0 Å². The summed E-state index contributed by atoms with van der Waals surface area (Å²) < 4.78 is 28.0. The average Bonchev–Trinajstić information content (AvgIpc) is 3.01. The van der Waals surface area contributed by atoms with Crippen LogP contribution in [0.15, 0.2) is 65.1 Å². The van der Waals surface area contributed by atoms with Gasteiger partial charge in [0.25, 0.3) is 11.7 Å². The van der Waals surface area contributed by atoms with Gasteiger partial charge in [-0.1, -0.05) is 11.8 Å². The van der Waals surface area contributed by atoms with E-state index in [9.17, 15) is 18.8 Å². The summed E-state index contributed by atoms with van der Waals surface area (Å²) in [6.07, 6.45) is 1.56. The van der Waals surface area contributed by atoms with Crippen molar-refractivity contribution in [1.29, 1.82) is 5.26 Å². The molecule has 1 N–H and O–H groups in total. The van der Waals surface area contributed by atoms with Gasteiger partial charge in [-0.3, -0.25) is 4.79 Å². The second-order valence-electron chi connectivity index (χ2n) is 6.67. The normalized spacial score (nSPS) is 11.5. The number of rotatable bonds is 6. The molecule has 0 bridgehead atoms. The lowest BCUT2D eigenvalue weighted by Crippen LogP contribution is -2.13. The Kier molecular flexibility index (Phi) is 7.51. The van der Waals surface area contributed by atoms with Crippen molar-refractivity contribution >= 4 is 52.0 Å². The molecule has 0 spiro atoms. The number of benzene rings is 2. The van der Waals surface area contributed by atoms with Gasteiger partial charge < -0.3 is 9.88 Å². The molecule has 3 rings (SSSR count). The van der Waals surface area contributed by atoms with E-state index >= 15 is 0 Å². The van der Waals surface area contributed by atoms with Gasteiger partial charge >= 0.3 is 0 Å². The summed E-state index contributed by atoms with van der Waals surface area (Å²) >= 11 is 2.68. The topological polar surface area (TPSA) is 57.8 Å². The molecule has 31 heavy (non-hydrogen) atoms. The number of nitrogens with one attached hydrogen (secondary N) is 1. The van der Waals surface area contributed by atoms with Crippen molar-refractivity contribution in [1.82, 2.24) is 4.57 Å². The van der Waals surface area contributed by atoms with Crippen LogP contribution < -0.4 is 5.32 Å². The van der Waals surface area contributed by atoms with Crippen LogP contribution in [0.25, 0.3) is 11.8 Å². The number of alkyl halides is 2. The molecule has 2 aromatic carbocycles. The fourth-order valence-electron chi connectivity index (χ4n) is 3.14. The van der Waals surface area contributed by atoms with Crippen molar-refractivity contribution in [2.75, 3.05) is 5.32 Å². The lowest BCUT2D eigenvalue weighted by molar-refractivity contribution is -0.112. The highest BCUT2D eigenvalue weighted by atomic mass is 127. The molecule has 3 aromatic rings. The van der Waals surface area contributed by atoms with E-state index in [-0.39, 0.29) is 5.57 Å². The summed E-state index contributed by atoms with van der Waals surface area (Å²) in [5, 5.41) is 12.2. The quantitative estimate of drug-likeness (QED) is 0.164. The third-order valence-corrected chi connectivity index (χ3v) is 6.00. The maximum absolute atomic E-state index is 12.6. The summed E-state index contributed by atoms with van der Waals surface area (Å²) in [5.41, 5.74) is 4.04. The Morgan fingerprint density at radius 1 is 1.16 bits per heavy atom. The van der Waals surface area contributed by atoms with Crippen molar-refractivity contribution in [3.8, 4) is 11.8 Å².